The van der Waals surface area contributed by atoms with Crippen LogP contribution in [0.1, 0.15) is 79.9 Å². The molecule has 1 aliphatic heterocycles. The molecule has 212 valence electrons. The Kier molecular flexibility index (Phi) is 11.0. The van der Waals surface area contributed by atoms with Gasteiger partial charge in [-0.3, -0.25) is 4.79 Å². The Hall–Kier alpha value is -3.34. The van der Waals surface area contributed by atoms with Gasteiger partial charge in [0.2, 0.25) is 0 Å². The molecule has 0 radical (unpaired) electrons. The molecule has 1 saturated heterocycles. The number of rotatable bonds is 10. The number of benzene rings is 1. The number of likely N-dealkylation sites (tertiary alicyclic amines) is 1. The number of aromatic nitrogens is 1. The fourth-order valence-corrected chi connectivity index (χ4v) is 5.24. The minimum absolute atomic E-state index is 0.0232. The van der Waals surface area contributed by atoms with Crippen molar-refractivity contribution in [3.8, 4) is 5.75 Å². The van der Waals surface area contributed by atoms with E-state index in [-0.39, 0.29) is 23.6 Å². The normalized spacial score (nSPS) is 15.3. The van der Waals surface area contributed by atoms with Gasteiger partial charge >= 0.3 is 12.4 Å². The van der Waals surface area contributed by atoms with E-state index in [0.717, 1.165) is 37.1 Å². The molecule has 0 saturated carbocycles. The molecule has 1 aromatic carbocycles. The third-order valence-corrected chi connectivity index (χ3v) is 7.46. The van der Waals surface area contributed by atoms with Gasteiger partial charge in [-0.2, -0.15) is 0 Å². The van der Waals surface area contributed by atoms with E-state index in [1.807, 2.05) is 4.90 Å². The van der Waals surface area contributed by atoms with Crippen molar-refractivity contribution in [3.05, 3.63) is 63.8 Å². The Morgan fingerprint density at radius 1 is 1.18 bits per heavy atom. The number of halogens is 3. The average Bonchev–Trinajstić information content (AvgIpc) is 3.41. The third-order valence-electron chi connectivity index (χ3n) is 6.45. The van der Waals surface area contributed by atoms with Crippen LogP contribution >= 0.6 is 11.3 Å². The summed E-state index contributed by atoms with van der Waals surface area (Å²) in [4.78, 5) is 31.8. The quantitative estimate of drug-likeness (QED) is 0.244. The summed E-state index contributed by atoms with van der Waals surface area (Å²) in [7, 11) is 0. The maximum absolute atomic E-state index is 13.0. The maximum Gasteiger partial charge on any atom is 0.573 e. The van der Waals surface area contributed by atoms with Gasteiger partial charge in [-0.25, -0.2) is 9.78 Å². The Bertz CT molecular complexity index is 1170. The van der Waals surface area contributed by atoms with Crippen molar-refractivity contribution in [2.24, 2.45) is 0 Å². The zero-order valence-corrected chi connectivity index (χ0v) is 23.3. The molecule has 11 heteroatoms. The summed E-state index contributed by atoms with van der Waals surface area (Å²) in [6.45, 7) is 7.69. The van der Waals surface area contributed by atoms with Crippen LogP contribution in [0.25, 0.3) is 5.57 Å². The Labute approximate surface area is 231 Å². The van der Waals surface area contributed by atoms with E-state index >= 15 is 0 Å². The minimum Gasteiger partial charge on any atom is -0.406 e. The zero-order chi connectivity index (χ0) is 28.4. The van der Waals surface area contributed by atoms with Crippen LogP contribution in [-0.2, 0) is 0 Å². The van der Waals surface area contributed by atoms with E-state index < -0.39 is 6.36 Å². The molecule has 1 aliphatic rings. The topological polar surface area (TPSA) is 83.6 Å². The van der Waals surface area contributed by atoms with E-state index in [4.69, 9.17) is 0 Å². The number of thiazole rings is 1. The van der Waals surface area contributed by atoms with Crippen LogP contribution in [0.4, 0.5) is 18.0 Å². The summed E-state index contributed by atoms with van der Waals surface area (Å²) in [5.41, 5.74) is 2.13. The molecule has 0 atom stereocenters. The highest BCUT2D eigenvalue weighted by atomic mass is 32.1. The summed E-state index contributed by atoms with van der Waals surface area (Å²) in [6.07, 6.45) is 3.49. The van der Waals surface area contributed by atoms with Crippen LogP contribution < -0.4 is 15.4 Å². The number of nitrogens with one attached hydrogen (secondary N) is 2. The van der Waals surface area contributed by atoms with Gasteiger partial charge < -0.3 is 20.3 Å². The second kappa shape index (κ2) is 14.2. The van der Waals surface area contributed by atoms with Crippen molar-refractivity contribution in [1.82, 2.24) is 20.5 Å². The predicted octanol–water partition coefficient (Wildman–Crippen LogP) is 6.86. The largest absolute Gasteiger partial charge is 0.573 e. The molecule has 39 heavy (non-hydrogen) atoms. The SMILES string of the molecule is C/C=C\C(NC(=O)c1csc(C2CCN(C(=O)NCCCCC)CC2)n1)=C(/C)c1ccc(OC(F)(F)F)cc1. The smallest absolute Gasteiger partial charge is 0.406 e. The van der Waals surface area contributed by atoms with Crippen molar-refractivity contribution >= 4 is 28.8 Å². The van der Waals surface area contributed by atoms with Crippen molar-refractivity contribution < 1.29 is 27.5 Å². The molecule has 0 unspecified atom stereocenters. The van der Waals surface area contributed by atoms with Gasteiger partial charge in [-0.05, 0) is 62.5 Å². The first-order valence-corrected chi connectivity index (χ1v) is 14.0. The van der Waals surface area contributed by atoms with Crippen LogP contribution in [0.15, 0.2) is 47.5 Å². The fraction of sp³-hybridized carbons (Fsp3) is 0.464. The number of hydrogen-bond acceptors (Lipinski definition) is 5. The minimum atomic E-state index is -4.76. The lowest BCUT2D eigenvalue weighted by Crippen LogP contribution is -2.44. The van der Waals surface area contributed by atoms with Crippen LogP contribution in [0.3, 0.4) is 0 Å². The molecule has 3 rings (SSSR count). The van der Waals surface area contributed by atoms with Crippen molar-refractivity contribution in [1.29, 1.82) is 0 Å². The van der Waals surface area contributed by atoms with Gasteiger partial charge in [0, 0.05) is 36.6 Å². The Balaban J connectivity index is 1.60. The number of urea groups is 1. The number of amides is 3. The van der Waals surface area contributed by atoms with E-state index in [2.05, 4.69) is 27.3 Å². The van der Waals surface area contributed by atoms with Crippen molar-refractivity contribution in [2.75, 3.05) is 19.6 Å². The molecule has 3 amide bonds. The van der Waals surface area contributed by atoms with Gasteiger partial charge in [0.1, 0.15) is 11.4 Å². The highest BCUT2D eigenvalue weighted by molar-refractivity contribution is 7.09. The molecule has 7 nitrogen and oxygen atoms in total. The number of nitrogens with zero attached hydrogens (tertiary/aromatic N) is 2. The number of carbonyl (C=O) groups excluding carboxylic acids is 2. The number of hydrogen-bond donors (Lipinski definition) is 2. The second-order valence-electron chi connectivity index (χ2n) is 9.34. The molecule has 2 aromatic rings. The van der Waals surface area contributed by atoms with E-state index in [0.29, 0.717) is 42.2 Å². The van der Waals surface area contributed by atoms with E-state index in [9.17, 15) is 22.8 Å². The molecule has 1 fully saturated rings. The third kappa shape index (κ3) is 9.12. The second-order valence-corrected chi connectivity index (χ2v) is 10.2. The van der Waals surface area contributed by atoms with Crippen LogP contribution in [0.2, 0.25) is 0 Å². The first kappa shape index (κ1) is 30.2. The monoisotopic (exact) mass is 564 g/mol. The van der Waals surface area contributed by atoms with Crippen LogP contribution in [0.5, 0.6) is 5.75 Å². The molecular weight excluding hydrogens is 529 g/mol. The number of piperidine rings is 1. The van der Waals surface area contributed by atoms with E-state index in [1.54, 1.807) is 31.4 Å². The molecule has 2 N–H and O–H groups in total. The highest BCUT2D eigenvalue weighted by Gasteiger charge is 2.31. The maximum atomic E-state index is 13.0. The predicted molar refractivity (Wildman–Crippen MR) is 147 cm³/mol. The summed E-state index contributed by atoms with van der Waals surface area (Å²) in [6, 6.07) is 5.45. The van der Waals surface area contributed by atoms with Gasteiger partial charge in [0.25, 0.3) is 5.91 Å². The van der Waals surface area contributed by atoms with Gasteiger partial charge in [0.15, 0.2) is 0 Å². The summed E-state index contributed by atoms with van der Waals surface area (Å²) in [5, 5.41) is 8.46. The number of unbranched alkanes of at least 4 members (excludes halogenated alkanes) is 2. The molecule has 0 bridgehead atoms. The summed E-state index contributed by atoms with van der Waals surface area (Å²) in [5.74, 6) is -0.500. The molecule has 2 heterocycles. The lowest BCUT2D eigenvalue weighted by Gasteiger charge is -2.31. The van der Waals surface area contributed by atoms with Crippen LogP contribution in [0, 0.1) is 0 Å². The van der Waals surface area contributed by atoms with Gasteiger partial charge in [-0.1, -0.05) is 38.0 Å². The number of allylic oxidation sites excluding steroid dienone is 3. The fourth-order valence-electron chi connectivity index (χ4n) is 4.27. The first-order valence-electron chi connectivity index (χ1n) is 13.1. The number of alkyl halides is 3. The van der Waals surface area contributed by atoms with E-state index in [1.165, 1.54) is 35.6 Å². The standard InChI is InChI=1S/C28H35F3N4O3S/c1-4-6-7-15-32-27(37)35-16-13-21(14-17-35)26-34-24(18-39-26)25(36)33-23(8-5-2)19(3)20-9-11-22(12-10-20)38-28(29,30)31/h5,8-12,18,21H,4,6-7,13-17H2,1-3H3,(H,32,37)(H,33,36)/b8-5-,23-19-. The van der Waals surface area contributed by atoms with Crippen molar-refractivity contribution in [2.45, 2.75) is 65.2 Å². The molecule has 0 spiro atoms. The zero-order valence-electron chi connectivity index (χ0n) is 22.4. The molecule has 0 aliphatic carbocycles. The van der Waals surface area contributed by atoms with Crippen LogP contribution in [-0.4, -0.2) is 47.8 Å². The van der Waals surface area contributed by atoms with Gasteiger partial charge in [-0.15, -0.1) is 24.5 Å². The first-order chi connectivity index (χ1) is 18.6. The lowest BCUT2D eigenvalue weighted by atomic mass is 9.98. The summed E-state index contributed by atoms with van der Waals surface area (Å²) >= 11 is 1.43. The summed E-state index contributed by atoms with van der Waals surface area (Å²) < 4.78 is 41.3. The van der Waals surface area contributed by atoms with Crippen molar-refractivity contribution in [3.63, 3.8) is 0 Å². The Morgan fingerprint density at radius 3 is 2.49 bits per heavy atom. The number of carbonyl (C=O) groups is 2. The number of ether oxygens (including phenoxy) is 1. The molecule has 1 aromatic heterocycles. The Morgan fingerprint density at radius 2 is 1.87 bits per heavy atom. The average molecular weight is 565 g/mol. The molecular formula is C28H35F3N4O3S. The van der Waals surface area contributed by atoms with Gasteiger partial charge in [0.05, 0.1) is 5.01 Å². The lowest BCUT2D eigenvalue weighted by molar-refractivity contribution is -0.274. The highest BCUT2D eigenvalue weighted by Crippen LogP contribution is 2.31.